The monoisotopic (exact) mass is 317 g/mol. The van der Waals surface area contributed by atoms with Crippen molar-refractivity contribution in [2.75, 3.05) is 20.8 Å². The summed E-state index contributed by atoms with van der Waals surface area (Å²) in [6.07, 6.45) is 3.93. The van der Waals surface area contributed by atoms with E-state index in [-0.39, 0.29) is 12.1 Å². The van der Waals surface area contributed by atoms with Crippen molar-refractivity contribution in [2.45, 2.75) is 19.5 Å². The minimum Gasteiger partial charge on any atom is -0.497 e. The lowest BCUT2D eigenvalue weighted by atomic mass is 10.1. The predicted molar refractivity (Wildman–Crippen MR) is 88.9 cm³/mol. The molecule has 1 aromatic carbocycles. The number of ether oxygens (including phenoxy) is 2. The van der Waals surface area contributed by atoms with Gasteiger partial charge in [-0.1, -0.05) is 0 Å². The number of hydrogen-bond acceptors (Lipinski definition) is 3. The van der Waals surface area contributed by atoms with E-state index in [0.29, 0.717) is 18.0 Å². The van der Waals surface area contributed by atoms with Gasteiger partial charge >= 0.3 is 6.03 Å². The van der Waals surface area contributed by atoms with E-state index in [4.69, 9.17) is 9.47 Å². The molecule has 0 bridgehead atoms. The minimum atomic E-state index is -0.206. The summed E-state index contributed by atoms with van der Waals surface area (Å²) in [7, 11) is 3.20. The van der Waals surface area contributed by atoms with E-state index in [1.165, 1.54) is 0 Å². The van der Waals surface area contributed by atoms with Gasteiger partial charge in [0.1, 0.15) is 11.5 Å². The van der Waals surface area contributed by atoms with Gasteiger partial charge < -0.3 is 24.7 Å². The highest BCUT2D eigenvalue weighted by Gasteiger charge is 2.14. The summed E-state index contributed by atoms with van der Waals surface area (Å²) in [5, 5.41) is 5.75. The quantitative estimate of drug-likeness (QED) is 0.825. The Bertz CT molecular complexity index is 626. The Kier molecular flexibility index (Phi) is 5.91. The van der Waals surface area contributed by atoms with Gasteiger partial charge in [0, 0.05) is 37.1 Å². The summed E-state index contributed by atoms with van der Waals surface area (Å²) >= 11 is 0. The van der Waals surface area contributed by atoms with Gasteiger partial charge in [0.05, 0.1) is 20.3 Å². The van der Waals surface area contributed by atoms with E-state index in [0.717, 1.165) is 12.1 Å². The second-order valence-corrected chi connectivity index (χ2v) is 5.15. The fraction of sp³-hybridized carbons (Fsp3) is 0.353. The van der Waals surface area contributed by atoms with Gasteiger partial charge in [-0.3, -0.25) is 0 Å². The number of aromatic nitrogens is 1. The number of carbonyl (C=O) groups excluding carboxylic acids is 1. The third-order valence-corrected chi connectivity index (χ3v) is 3.58. The zero-order chi connectivity index (χ0) is 16.7. The summed E-state index contributed by atoms with van der Waals surface area (Å²) < 4.78 is 12.6. The molecule has 0 aliphatic carbocycles. The molecule has 0 fully saturated rings. The first-order valence-electron chi connectivity index (χ1n) is 7.51. The van der Waals surface area contributed by atoms with Crippen molar-refractivity contribution >= 4 is 6.03 Å². The lowest BCUT2D eigenvalue weighted by molar-refractivity contribution is 0.237. The zero-order valence-electron chi connectivity index (χ0n) is 13.7. The third kappa shape index (κ3) is 4.67. The van der Waals surface area contributed by atoms with Gasteiger partial charge in [0.25, 0.3) is 0 Å². The molecule has 23 heavy (non-hydrogen) atoms. The number of nitrogens with zero attached hydrogens (tertiary/aromatic N) is 1. The SMILES string of the molecule is COc1ccc([C@@H](C)NC(=O)NCCn2cccc2)c(OC)c1. The average molecular weight is 317 g/mol. The number of benzene rings is 1. The number of nitrogens with one attached hydrogen (secondary N) is 2. The number of amides is 2. The maximum atomic E-state index is 12.0. The van der Waals surface area contributed by atoms with Gasteiger partial charge in [-0.2, -0.15) is 0 Å². The summed E-state index contributed by atoms with van der Waals surface area (Å²) in [5.41, 5.74) is 0.897. The second kappa shape index (κ2) is 8.12. The zero-order valence-corrected chi connectivity index (χ0v) is 13.7. The Balaban J connectivity index is 1.87. The van der Waals surface area contributed by atoms with Crippen molar-refractivity contribution in [1.29, 1.82) is 0 Å². The van der Waals surface area contributed by atoms with Gasteiger partial charge in [0.2, 0.25) is 0 Å². The Morgan fingerprint density at radius 2 is 1.96 bits per heavy atom. The fourth-order valence-electron chi connectivity index (χ4n) is 2.32. The topological polar surface area (TPSA) is 64.5 Å². The van der Waals surface area contributed by atoms with Gasteiger partial charge in [0.15, 0.2) is 0 Å². The number of rotatable bonds is 7. The highest BCUT2D eigenvalue weighted by atomic mass is 16.5. The summed E-state index contributed by atoms with van der Waals surface area (Å²) in [5.74, 6) is 1.40. The van der Waals surface area contributed by atoms with Crippen molar-refractivity contribution < 1.29 is 14.3 Å². The smallest absolute Gasteiger partial charge is 0.315 e. The lowest BCUT2D eigenvalue weighted by Crippen LogP contribution is -2.38. The number of carbonyl (C=O) groups is 1. The van der Waals surface area contributed by atoms with E-state index in [2.05, 4.69) is 10.6 Å². The maximum absolute atomic E-state index is 12.0. The Morgan fingerprint density at radius 3 is 2.61 bits per heavy atom. The predicted octanol–water partition coefficient (Wildman–Crippen LogP) is 2.57. The van der Waals surface area contributed by atoms with Gasteiger partial charge in [-0.25, -0.2) is 4.79 Å². The summed E-state index contributed by atoms with van der Waals surface area (Å²) in [6, 6.07) is 9.07. The molecule has 0 aliphatic rings. The molecule has 2 amide bonds. The molecule has 0 unspecified atom stereocenters. The Morgan fingerprint density at radius 1 is 1.22 bits per heavy atom. The standard InChI is InChI=1S/C17H23N3O3/c1-13(15-7-6-14(22-2)12-16(15)23-3)19-17(21)18-8-11-20-9-4-5-10-20/h4-7,9-10,12-13H,8,11H2,1-3H3,(H2,18,19,21)/t13-/m1/s1. The molecule has 0 saturated carbocycles. The van der Waals surface area contributed by atoms with E-state index >= 15 is 0 Å². The molecule has 1 heterocycles. The van der Waals surface area contributed by atoms with Crippen molar-refractivity contribution in [2.24, 2.45) is 0 Å². The molecular formula is C17H23N3O3. The van der Waals surface area contributed by atoms with Crippen LogP contribution in [0, 0.1) is 0 Å². The van der Waals surface area contributed by atoms with Crippen LogP contribution < -0.4 is 20.1 Å². The normalized spacial score (nSPS) is 11.6. The molecule has 2 aromatic rings. The van der Waals surface area contributed by atoms with E-state index < -0.39 is 0 Å². The average Bonchev–Trinajstić information content (AvgIpc) is 3.07. The molecule has 2 N–H and O–H groups in total. The van der Waals surface area contributed by atoms with E-state index in [1.807, 2.05) is 48.1 Å². The van der Waals surface area contributed by atoms with E-state index in [1.54, 1.807) is 20.3 Å². The fourth-order valence-corrected chi connectivity index (χ4v) is 2.32. The van der Waals surface area contributed by atoms with E-state index in [9.17, 15) is 4.79 Å². The Labute approximate surface area is 136 Å². The molecule has 0 aliphatic heterocycles. The van der Waals surface area contributed by atoms with Crippen LogP contribution >= 0.6 is 0 Å². The van der Waals surface area contributed by atoms with Crippen LogP contribution in [0.4, 0.5) is 4.79 Å². The number of hydrogen-bond donors (Lipinski definition) is 2. The summed E-state index contributed by atoms with van der Waals surface area (Å²) in [6.45, 7) is 3.21. The van der Waals surface area contributed by atoms with Crippen LogP contribution in [0.2, 0.25) is 0 Å². The molecule has 124 valence electrons. The van der Waals surface area contributed by atoms with Gasteiger partial charge in [-0.05, 0) is 31.2 Å². The van der Waals surface area contributed by atoms with Crippen LogP contribution in [0.25, 0.3) is 0 Å². The molecule has 6 nitrogen and oxygen atoms in total. The molecule has 1 aromatic heterocycles. The van der Waals surface area contributed by atoms with Crippen LogP contribution in [0.15, 0.2) is 42.7 Å². The largest absolute Gasteiger partial charge is 0.497 e. The van der Waals surface area contributed by atoms with Crippen LogP contribution in [0.1, 0.15) is 18.5 Å². The first kappa shape index (κ1) is 16.7. The highest BCUT2D eigenvalue weighted by Crippen LogP contribution is 2.29. The van der Waals surface area contributed by atoms with Crippen molar-refractivity contribution in [1.82, 2.24) is 15.2 Å². The Hall–Kier alpha value is -2.63. The highest BCUT2D eigenvalue weighted by molar-refractivity contribution is 5.74. The minimum absolute atomic E-state index is 0.178. The van der Waals surface area contributed by atoms with Crippen molar-refractivity contribution in [3.8, 4) is 11.5 Å². The third-order valence-electron chi connectivity index (χ3n) is 3.58. The first-order chi connectivity index (χ1) is 11.1. The summed E-state index contributed by atoms with van der Waals surface area (Å²) in [4.78, 5) is 12.0. The lowest BCUT2D eigenvalue weighted by Gasteiger charge is -2.18. The molecule has 0 radical (unpaired) electrons. The number of methoxy groups -OCH3 is 2. The van der Waals surface area contributed by atoms with Crippen LogP contribution in [0.5, 0.6) is 11.5 Å². The second-order valence-electron chi connectivity index (χ2n) is 5.15. The van der Waals surface area contributed by atoms with Crippen molar-refractivity contribution in [3.05, 3.63) is 48.3 Å². The van der Waals surface area contributed by atoms with Gasteiger partial charge in [-0.15, -0.1) is 0 Å². The molecule has 1 atom stereocenters. The van der Waals surface area contributed by atoms with Crippen LogP contribution in [0.3, 0.4) is 0 Å². The van der Waals surface area contributed by atoms with Crippen molar-refractivity contribution in [3.63, 3.8) is 0 Å². The van der Waals surface area contributed by atoms with Crippen LogP contribution in [-0.4, -0.2) is 31.4 Å². The van der Waals surface area contributed by atoms with Crippen LogP contribution in [-0.2, 0) is 6.54 Å². The molecule has 0 spiro atoms. The first-order valence-corrected chi connectivity index (χ1v) is 7.51. The molecular weight excluding hydrogens is 294 g/mol. The number of urea groups is 1. The molecule has 0 saturated heterocycles. The molecule has 6 heteroatoms. The maximum Gasteiger partial charge on any atom is 0.315 e. The molecule has 2 rings (SSSR count).